The van der Waals surface area contributed by atoms with E-state index < -0.39 is 0 Å². The third-order valence-electron chi connectivity index (χ3n) is 5.12. The number of hydrogen-bond donors (Lipinski definition) is 0. The number of likely N-dealkylation sites (tertiary alicyclic amines) is 1. The standard InChI is InChI=1S/C21H22N4O/c1-25-8-5-15(6-9-25)21(26)12-18-10-16-11-20(19-4-2-3-7-22-19)24-14-17(16)13-23-18/h2-4,7,10-11,13-15H,5-6,8-9,12H2,1H3. The van der Waals surface area contributed by atoms with Gasteiger partial charge >= 0.3 is 0 Å². The molecule has 3 aromatic heterocycles. The first-order chi connectivity index (χ1) is 12.7. The molecule has 0 aliphatic carbocycles. The van der Waals surface area contributed by atoms with E-state index in [4.69, 9.17) is 0 Å². The zero-order chi connectivity index (χ0) is 17.9. The molecule has 1 aliphatic heterocycles. The van der Waals surface area contributed by atoms with Gasteiger partial charge < -0.3 is 4.90 Å². The highest BCUT2D eigenvalue weighted by Gasteiger charge is 2.23. The molecule has 4 heterocycles. The predicted octanol–water partition coefficient (Wildman–Crippen LogP) is 3.15. The van der Waals surface area contributed by atoms with E-state index in [0.29, 0.717) is 12.2 Å². The average Bonchev–Trinajstić information content (AvgIpc) is 2.68. The van der Waals surface area contributed by atoms with Gasteiger partial charge in [0.2, 0.25) is 0 Å². The van der Waals surface area contributed by atoms with Crippen molar-refractivity contribution in [3.05, 3.63) is 54.6 Å². The average molecular weight is 346 g/mol. The number of ketones is 1. The van der Waals surface area contributed by atoms with Gasteiger partial charge in [0.05, 0.1) is 11.4 Å². The number of aromatic nitrogens is 3. The molecule has 5 nitrogen and oxygen atoms in total. The number of piperidine rings is 1. The van der Waals surface area contributed by atoms with Gasteiger partial charge in [-0.3, -0.25) is 19.7 Å². The van der Waals surface area contributed by atoms with Gasteiger partial charge in [-0.05, 0) is 62.6 Å². The van der Waals surface area contributed by atoms with E-state index in [1.807, 2.05) is 42.7 Å². The van der Waals surface area contributed by atoms with Crippen LogP contribution in [0.2, 0.25) is 0 Å². The summed E-state index contributed by atoms with van der Waals surface area (Å²) in [5, 5.41) is 2.02. The van der Waals surface area contributed by atoms with Crippen molar-refractivity contribution in [3.8, 4) is 11.4 Å². The zero-order valence-corrected chi connectivity index (χ0v) is 14.9. The summed E-state index contributed by atoms with van der Waals surface area (Å²) in [4.78, 5) is 28.2. The zero-order valence-electron chi connectivity index (χ0n) is 14.9. The Balaban J connectivity index is 1.55. The molecule has 0 aromatic carbocycles. The molecule has 0 amide bonds. The van der Waals surface area contributed by atoms with Crippen molar-refractivity contribution in [3.63, 3.8) is 0 Å². The number of nitrogens with zero attached hydrogens (tertiary/aromatic N) is 4. The van der Waals surface area contributed by atoms with Crippen molar-refractivity contribution in [2.24, 2.45) is 5.92 Å². The number of pyridine rings is 3. The second-order valence-electron chi connectivity index (χ2n) is 7.03. The van der Waals surface area contributed by atoms with E-state index in [2.05, 4.69) is 26.9 Å². The second kappa shape index (κ2) is 7.30. The summed E-state index contributed by atoms with van der Waals surface area (Å²) >= 11 is 0. The third-order valence-corrected chi connectivity index (χ3v) is 5.12. The van der Waals surface area contributed by atoms with Crippen molar-refractivity contribution in [1.82, 2.24) is 19.9 Å². The van der Waals surface area contributed by atoms with Crippen LogP contribution in [-0.4, -0.2) is 45.8 Å². The lowest BCUT2D eigenvalue weighted by Crippen LogP contribution is -2.34. The van der Waals surface area contributed by atoms with Crippen LogP contribution in [0.1, 0.15) is 18.5 Å². The lowest BCUT2D eigenvalue weighted by atomic mass is 9.90. The van der Waals surface area contributed by atoms with Crippen molar-refractivity contribution < 1.29 is 4.79 Å². The minimum absolute atomic E-state index is 0.171. The van der Waals surface area contributed by atoms with Crippen LogP contribution < -0.4 is 0 Å². The minimum Gasteiger partial charge on any atom is -0.306 e. The molecule has 0 radical (unpaired) electrons. The van der Waals surface area contributed by atoms with Crippen LogP contribution in [0.15, 0.2) is 48.9 Å². The molecule has 0 bridgehead atoms. The Kier molecular flexibility index (Phi) is 4.71. The minimum atomic E-state index is 0.171. The number of fused-ring (bicyclic) bond motifs is 1. The van der Waals surface area contributed by atoms with Crippen LogP contribution in [0.5, 0.6) is 0 Å². The van der Waals surface area contributed by atoms with E-state index >= 15 is 0 Å². The van der Waals surface area contributed by atoms with Gasteiger partial charge in [-0.15, -0.1) is 0 Å². The highest BCUT2D eigenvalue weighted by atomic mass is 16.1. The summed E-state index contributed by atoms with van der Waals surface area (Å²) in [6.07, 6.45) is 7.70. The van der Waals surface area contributed by atoms with E-state index in [1.54, 1.807) is 6.20 Å². The Morgan fingerprint density at radius 1 is 1.04 bits per heavy atom. The van der Waals surface area contributed by atoms with Gasteiger partial charge in [0.15, 0.2) is 0 Å². The summed E-state index contributed by atoms with van der Waals surface area (Å²) in [5.74, 6) is 0.481. The van der Waals surface area contributed by atoms with Crippen LogP contribution >= 0.6 is 0 Å². The van der Waals surface area contributed by atoms with Crippen molar-refractivity contribution >= 4 is 16.6 Å². The molecule has 1 aliphatic rings. The first-order valence-corrected chi connectivity index (χ1v) is 9.06. The Morgan fingerprint density at radius 3 is 2.62 bits per heavy atom. The predicted molar refractivity (Wildman–Crippen MR) is 102 cm³/mol. The van der Waals surface area contributed by atoms with Gasteiger partial charge in [0.1, 0.15) is 5.78 Å². The fourth-order valence-electron chi connectivity index (χ4n) is 3.49. The lowest BCUT2D eigenvalue weighted by molar-refractivity contribution is -0.123. The second-order valence-corrected chi connectivity index (χ2v) is 7.03. The molecular weight excluding hydrogens is 324 g/mol. The van der Waals surface area contributed by atoms with Crippen LogP contribution in [0.4, 0.5) is 0 Å². The number of carbonyl (C=O) groups is 1. The summed E-state index contributed by atoms with van der Waals surface area (Å²) < 4.78 is 0. The summed E-state index contributed by atoms with van der Waals surface area (Å²) in [6, 6.07) is 9.81. The smallest absolute Gasteiger partial charge is 0.142 e. The molecule has 1 saturated heterocycles. The number of carbonyl (C=O) groups excluding carboxylic acids is 1. The van der Waals surface area contributed by atoms with E-state index in [0.717, 1.165) is 53.8 Å². The Labute approximate surface area is 153 Å². The van der Waals surface area contributed by atoms with Crippen LogP contribution in [0, 0.1) is 5.92 Å². The van der Waals surface area contributed by atoms with E-state index in [1.165, 1.54) is 0 Å². The molecule has 4 rings (SSSR count). The SMILES string of the molecule is CN1CCC(C(=O)Cc2cc3cc(-c4ccccn4)ncc3cn2)CC1. The third kappa shape index (κ3) is 3.63. The molecule has 0 N–H and O–H groups in total. The van der Waals surface area contributed by atoms with E-state index in [-0.39, 0.29) is 5.92 Å². The van der Waals surface area contributed by atoms with Gasteiger partial charge in [-0.25, -0.2) is 0 Å². The molecular formula is C21H22N4O. The fraction of sp³-hybridized carbons (Fsp3) is 0.333. The summed E-state index contributed by atoms with van der Waals surface area (Å²) in [5.41, 5.74) is 2.51. The molecule has 0 atom stereocenters. The first-order valence-electron chi connectivity index (χ1n) is 9.06. The molecule has 0 saturated carbocycles. The quantitative estimate of drug-likeness (QED) is 0.726. The fourth-order valence-corrected chi connectivity index (χ4v) is 3.49. The maximum Gasteiger partial charge on any atom is 0.142 e. The van der Waals surface area contributed by atoms with Crippen molar-refractivity contribution in [2.75, 3.05) is 20.1 Å². The van der Waals surface area contributed by atoms with Gasteiger partial charge in [0, 0.05) is 42.0 Å². The molecule has 132 valence electrons. The van der Waals surface area contributed by atoms with Gasteiger partial charge in [-0.1, -0.05) is 6.07 Å². The highest BCUT2D eigenvalue weighted by molar-refractivity contribution is 5.87. The lowest BCUT2D eigenvalue weighted by Gasteiger charge is -2.27. The maximum atomic E-state index is 12.6. The molecule has 3 aromatic rings. The van der Waals surface area contributed by atoms with Gasteiger partial charge in [-0.2, -0.15) is 0 Å². The molecule has 26 heavy (non-hydrogen) atoms. The molecule has 0 unspecified atom stereocenters. The van der Waals surface area contributed by atoms with Crippen LogP contribution in [-0.2, 0) is 11.2 Å². The Hall–Kier alpha value is -2.66. The first kappa shape index (κ1) is 16.8. The van der Waals surface area contributed by atoms with Crippen LogP contribution in [0.3, 0.4) is 0 Å². The van der Waals surface area contributed by atoms with Gasteiger partial charge in [0.25, 0.3) is 0 Å². The molecule has 0 spiro atoms. The van der Waals surface area contributed by atoms with E-state index in [9.17, 15) is 4.79 Å². The molecule has 1 fully saturated rings. The van der Waals surface area contributed by atoms with Crippen molar-refractivity contribution in [2.45, 2.75) is 19.3 Å². The topological polar surface area (TPSA) is 59.0 Å². The number of hydrogen-bond acceptors (Lipinski definition) is 5. The highest BCUT2D eigenvalue weighted by Crippen LogP contribution is 2.22. The monoisotopic (exact) mass is 346 g/mol. The summed E-state index contributed by atoms with van der Waals surface area (Å²) in [7, 11) is 2.11. The number of rotatable bonds is 4. The normalized spacial score (nSPS) is 16.0. The van der Waals surface area contributed by atoms with Crippen molar-refractivity contribution in [1.29, 1.82) is 0 Å². The maximum absolute atomic E-state index is 12.6. The Bertz CT molecular complexity index is 918. The van der Waals surface area contributed by atoms with Crippen LogP contribution in [0.25, 0.3) is 22.2 Å². The molecule has 5 heteroatoms. The largest absolute Gasteiger partial charge is 0.306 e. The Morgan fingerprint density at radius 2 is 1.85 bits per heavy atom. The number of Topliss-reactive ketones (excluding diaryl/α,β-unsaturated/α-hetero) is 1. The summed E-state index contributed by atoms with van der Waals surface area (Å²) in [6.45, 7) is 2.00.